The molecule has 2 saturated heterocycles. The zero-order valence-electron chi connectivity index (χ0n) is 17.8. The second-order valence-electron chi connectivity index (χ2n) is 8.34. The molecule has 0 radical (unpaired) electrons. The number of nitrogens with zero attached hydrogens (tertiary/aromatic N) is 2. The van der Waals surface area contributed by atoms with Crippen LogP contribution in [-0.4, -0.2) is 17.9 Å². The van der Waals surface area contributed by atoms with Gasteiger partial charge in [0.05, 0.1) is 21.9 Å². The molecule has 0 aliphatic carbocycles. The molecule has 0 saturated carbocycles. The molecule has 2 heterocycles. The Hall–Kier alpha value is -3.55. The highest BCUT2D eigenvalue weighted by Crippen LogP contribution is 2.48. The van der Waals surface area contributed by atoms with Crippen LogP contribution in [0.4, 0.5) is 15.8 Å². The van der Waals surface area contributed by atoms with Gasteiger partial charge in [-0.05, 0) is 57.2 Å². The van der Waals surface area contributed by atoms with Crippen LogP contribution in [0.1, 0.15) is 11.6 Å². The van der Waals surface area contributed by atoms with Gasteiger partial charge in [-0.3, -0.25) is 14.4 Å². The van der Waals surface area contributed by atoms with E-state index in [2.05, 4.69) is 15.9 Å². The van der Waals surface area contributed by atoms with Gasteiger partial charge < -0.3 is 0 Å². The van der Waals surface area contributed by atoms with Crippen molar-refractivity contribution in [3.63, 3.8) is 0 Å². The zero-order chi connectivity index (χ0) is 23.4. The summed E-state index contributed by atoms with van der Waals surface area (Å²) in [6, 6.07) is 26.5. The summed E-state index contributed by atoms with van der Waals surface area (Å²) < 4.78 is 14.3. The van der Waals surface area contributed by atoms with Gasteiger partial charge in [-0.15, -0.1) is 0 Å². The van der Waals surface area contributed by atoms with E-state index in [4.69, 9.17) is 4.84 Å². The van der Waals surface area contributed by atoms with Gasteiger partial charge in [0, 0.05) is 5.39 Å². The van der Waals surface area contributed by atoms with Crippen LogP contribution in [0, 0.1) is 11.7 Å². The van der Waals surface area contributed by atoms with E-state index in [1.165, 1.54) is 11.0 Å². The van der Waals surface area contributed by atoms with E-state index in [0.29, 0.717) is 16.9 Å². The quantitative estimate of drug-likeness (QED) is 0.323. The number of imide groups is 1. The Morgan fingerprint density at radius 1 is 0.824 bits per heavy atom. The maximum Gasteiger partial charge on any atom is 0.266 e. The van der Waals surface area contributed by atoms with E-state index in [0.717, 1.165) is 10.8 Å². The first-order chi connectivity index (χ1) is 16.5. The predicted octanol–water partition coefficient (Wildman–Crippen LogP) is 5.79. The molecule has 34 heavy (non-hydrogen) atoms. The van der Waals surface area contributed by atoms with Crippen LogP contribution in [-0.2, 0) is 14.4 Å². The number of benzene rings is 4. The standard InChI is InChI=1S/C27H18BrFN2O3/c28-20-15-17(13-14-21(20)29)24-23-25(34-31(24)18-9-2-1-3-10-18)27(33)30(26(23)32)22-12-6-8-16-7-4-5-11-19(16)22/h1-15,23-25H/t23-,24-,25-/m0/s1. The first-order valence-electron chi connectivity index (χ1n) is 10.9. The molecule has 5 nitrogen and oxygen atoms in total. The molecule has 6 rings (SSSR count). The van der Waals surface area contributed by atoms with Gasteiger partial charge in [0.2, 0.25) is 5.91 Å². The number of hydrogen-bond donors (Lipinski definition) is 0. The summed E-state index contributed by atoms with van der Waals surface area (Å²) in [5.74, 6) is -1.94. The molecule has 0 N–H and O–H groups in total. The van der Waals surface area contributed by atoms with Gasteiger partial charge >= 0.3 is 0 Å². The summed E-state index contributed by atoms with van der Waals surface area (Å²) >= 11 is 3.25. The molecule has 2 aliphatic rings. The monoisotopic (exact) mass is 516 g/mol. The Kier molecular flexibility index (Phi) is 4.97. The lowest BCUT2D eigenvalue weighted by molar-refractivity contribution is -0.126. The van der Waals surface area contributed by atoms with E-state index in [1.807, 2.05) is 66.7 Å². The normalized spacial score (nSPS) is 22.0. The van der Waals surface area contributed by atoms with Crippen molar-refractivity contribution >= 4 is 49.9 Å². The molecule has 168 valence electrons. The molecule has 0 bridgehead atoms. The Labute approximate surface area is 203 Å². The SMILES string of the molecule is O=C1[C@@H]2[C@H](ON(c3ccccc3)[C@H]2c2ccc(F)c(Br)c2)C(=O)N1c1cccc2ccccc12. The highest BCUT2D eigenvalue weighted by atomic mass is 79.9. The van der Waals surface area contributed by atoms with Crippen molar-refractivity contribution in [3.8, 4) is 0 Å². The Morgan fingerprint density at radius 2 is 1.56 bits per heavy atom. The van der Waals surface area contributed by atoms with Crippen molar-refractivity contribution in [3.05, 3.63) is 107 Å². The summed E-state index contributed by atoms with van der Waals surface area (Å²) in [4.78, 5) is 34.9. The molecular weight excluding hydrogens is 499 g/mol. The minimum absolute atomic E-state index is 0.282. The third-order valence-corrected chi connectivity index (χ3v) is 7.03. The number of halogens is 2. The summed E-state index contributed by atoms with van der Waals surface area (Å²) in [6.45, 7) is 0. The lowest BCUT2D eigenvalue weighted by Crippen LogP contribution is -2.37. The molecule has 3 atom stereocenters. The van der Waals surface area contributed by atoms with Crippen LogP contribution in [0.3, 0.4) is 0 Å². The minimum atomic E-state index is -0.986. The number of hydrogen-bond acceptors (Lipinski definition) is 4. The minimum Gasteiger partial charge on any atom is -0.273 e. The molecule has 2 amide bonds. The molecule has 2 fully saturated rings. The zero-order valence-corrected chi connectivity index (χ0v) is 19.4. The first-order valence-corrected chi connectivity index (χ1v) is 11.7. The van der Waals surface area contributed by atoms with Crippen molar-refractivity contribution < 1.29 is 18.8 Å². The predicted molar refractivity (Wildman–Crippen MR) is 131 cm³/mol. The average Bonchev–Trinajstić information content (AvgIpc) is 3.37. The van der Waals surface area contributed by atoms with E-state index in [-0.39, 0.29) is 10.4 Å². The summed E-state index contributed by atoms with van der Waals surface area (Å²) in [5, 5.41) is 3.35. The number of hydroxylamine groups is 1. The number of carbonyl (C=O) groups is 2. The molecule has 0 spiro atoms. The summed E-state index contributed by atoms with van der Waals surface area (Å²) in [5.41, 5.74) is 1.92. The fourth-order valence-electron chi connectivity index (χ4n) is 4.89. The number of fused-ring (bicyclic) bond motifs is 2. The highest BCUT2D eigenvalue weighted by molar-refractivity contribution is 9.10. The number of anilines is 2. The number of rotatable bonds is 3. The number of para-hydroxylation sites is 1. The maximum absolute atomic E-state index is 14.0. The topological polar surface area (TPSA) is 49.9 Å². The van der Waals surface area contributed by atoms with Crippen molar-refractivity contribution in [1.29, 1.82) is 0 Å². The van der Waals surface area contributed by atoms with Crippen LogP contribution in [0.2, 0.25) is 0 Å². The smallest absolute Gasteiger partial charge is 0.266 e. The van der Waals surface area contributed by atoms with Crippen LogP contribution < -0.4 is 9.96 Å². The first kappa shape index (κ1) is 21.0. The lowest BCUT2D eigenvalue weighted by atomic mass is 9.90. The summed E-state index contributed by atoms with van der Waals surface area (Å²) in [7, 11) is 0. The van der Waals surface area contributed by atoms with Gasteiger partial charge in [-0.2, -0.15) is 0 Å². The van der Waals surface area contributed by atoms with Crippen LogP contribution in [0.15, 0.2) is 95.5 Å². The van der Waals surface area contributed by atoms with E-state index >= 15 is 0 Å². The number of carbonyl (C=O) groups excluding carboxylic acids is 2. The molecular formula is C27H18BrFN2O3. The maximum atomic E-state index is 14.0. The number of amides is 2. The molecule has 0 unspecified atom stereocenters. The van der Waals surface area contributed by atoms with Crippen LogP contribution in [0.5, 0.6) is 0 Å². The molecule has 0 aromatic heterocycles. The van der Waals surface area contributed by atoms with E-state index in [1.54, 1.807) is 23.3 Å². The Bertz CT molecular complexity index is 1440. The van der Waals surface area contributed by atoms with Gasteiger partial charge in [0.25, 0.3) is 5.91 Å². The molecule has 2 aliphatic heterocycles. The second kappa shape index (κ2) is 8.04. The average molecular weight is 517 g/mol. The van der Waals surface area contributed by atoms with E-state index < -0.39 is 29.8 Å². The highest BCUT2D eigenvalue weighted by Gasteiger charge is 2.60. The van der Waals surface area contributed by atoms with Crippen LogP contribution in [0.25, 0.3) is 10.8 Å². The van der Waals surface area contributed by atoms with Crippen LogP contribution >= 0.6 is 15.9 Å². The largest absolute Gasteiger partial charge is 0.273 e. The Balaban J connectivity index is 1.48. The van der Waals surface area contributed by atoms with Crippen molar-refractivity contribution in [2.75, 3.05) is 9.96 Å². The fraction of sp³-hybridized carbons (Fsp3) is 0.111. The van der Waals surface area contributed by atoms with Crippen molar-refractivity contribution in [1.82, 2.24) is 0 Å². The van der Waals surface area contributed by atoms with Gasteiger partial charge in [0.1, 0.15) is 11.7 Å². The fourth-order valence-corrected chi connectivity index (χ4v) is 5.29. The van der Waals surface area contributed by atoms with Crippen molar-refractivity contribution in [2.45, 2.75) is 12.1 Å². The third kappa shape index (κ3) is 3.15. The van der Waals surface area contributed by atoms with Gasteiger partial charge in [0.15, 0.2) is 6.10 Å². The van der Waals surface area contributed by atoms with Gasteiger partial charge in [-0.25, -0.2) is 14.4 Å². The molecule has 4 aromatic rings. The van der Waals surface area contributed by atoms with E-state index in [9.17, 15) is 14.0 Å². The Morgan fingerprint density at radius 3 is 2.35 bits per heavy atom. The lowest BCUT2D eigenvalue weighted by Gasteiger charge is -2.29. The van der Waals surface area contributed by atoms with Gasteiger partial charge in [-0.1, -0.05) is 60.7 Å². The summed E-state index contributed by atoms with van der Waals surface area (Å²) in [6.07, 6.45) is -0.986. The van der Waals surface area contributed by atoms with Crippen molar-refractivity contribution in [2.24, 2.45) is 5.92 Å². The third-order valence-electron chi connectivity index (χ3n) is 6.42. The second-order valence-corrected chi connectivity index (χ2v) is 9.20. The molecule has 7 heteroatoms. The molecule has 4 aromatic carbocycles.